The number of amides is 2. The first-order chi connectivity index (χ1) is 16.1. The molecule has 1 aliphatic heterocycles. The third-order valence-electron chi connectivity index (χ3n) is 5.74. The molecule has 0 saturated carbocycles. The fourth-order valence-electron chi connectivity index (χ4n) is 3.96. The van der Waals surface area contributed by atoms with E-state index in [4.69, 9.17) is 4.74 Å². The van der Waals surface area contributed by atoms with Gasteiger partial charge in [0.25, 0.3) is 11.8 Å². The minimum atomic E-state index is -0.226. The van der Waals surface area contributed by atoms with E-state index in [2.05, 4.69) is 22.3 Å². The summed E-state index contributed by atoms with van der Waals surface area (Å²) < 4.78 is 5.51. The highest BCUT2D eigenvalue weighted by atomic mass is 16.5. The zero-order valence-corrected chi connectivity index (χ0v) is 18.9. The van der Waals surface area contributed by atoms with Gasteiger partial charge in [0.2, 0.25) is 0 Å². The largest absolute Gasteiger partial charge is 0.494 e. The van der Waals surface area contributed by atoms with Crippen LogP contribution in [0, 0.1) is 0 Å². The summed E-state index contributed by atoms with van der Waals surface area (Å²) in [7, 11) is 0. The van der Waals surface area contributed by atoms with Crippen molar-refractivity contribution in [2.45, 2.75) is 13.5 Å². The number of hydrogen-bond donors (Lipinski definition) is 1. The van der Waals surface area contributed by atoms with E-state index in [9.17, 15) is 9.59 Å². The van der Waals surface area contributed by atoms with Gasteiger partial charge in [-0.25, -0.2) is 0 Å². The highest BCUT2D eigenvalue weighted by Crippen LogP contribution is 2.20. The van der Waals surface area contributed by atoms with Gasteiger partial charge >= 0.3 is 0 Å². The number of nitrogens with zero attached hydrogens (tertiary/aromatic N) is 2. The van der Waals surface area contributed by atoms with Gasteiger partial charge in [0.1, 0.15) is 5.75 Å². The van der Waals surface area contributed by atoms with Gasteiger partial charge in [-0.2, -0.15) is 0 Å². The third kappa shape index (κ3) is 5.79. The van der Waals surface area contributed by atoms with Crippen LogP contribution in [0.25, 0.3) is 0 Å². The Bertz CT molecular complexity index is 1080. The lowest BCUT2D eigenvalue weighted by Crippen LogP contribution is -2.48. The van der Waals surface area contributed by atoms with Crippen molar-refractivity contribution in [3.8, 4) is 5.75 Å². The smallest absolute Gasteiger partial charge is 0.256 e. The summed E-state index contributed by atoms with van der Waals surface area (Å²) in [5, 5.41) is 2.89. The van der Waals surface area contributed by atoms with Crippen LogP contribution in [0.15, 0.2) is 78.9 Å². The van der Waals surface area contributed by atoms with Crippen LogP contribution in [-0.2, 0) is 6.54 Å². The first-order valence-electron chi connectivity index (χ1n) is 11.3. The quantitative estimate of drug-likeness (QED) is 0.592. The van der Waals surface area contributed by atoms with Crippen LogP contribution >= 0.6 is 0 Å². The van der Waals surface area contributed by atoms with E-state index in [0.717, 1.165) is 25.4 Å². The van der Waals surface area contributed by atoms with Crippen LogP contribution in [0.2, 0.25) is 0 Å². The molecule has 0 aromatic heterocycles. The Morgan fingerprint density at radius 3 is 2.21 bits per heavy atom. The zero-order chi connectivity index (χ0) is 23.0. The van der Waals surface area contributed by atoms with E-state index in [1.807, 2.05) is 54.3 Å². The van der Waals surface area contributed by atoms with Crippen LogP contribution in [0.4, 0.5) is 5.69 Å². The van der Waals surface area contributed by atoms with Gasteiger partial charge in [-0.1, -0.05) is 42.5 Å². The normalized spacial score (nSPS) is 14.0. The molecule has 170 valence electrons. The summed E-state index contributed by atoms with van der Waals surface area (Å²) >= 11 is 0. The van der Waals surface area contributed by atoms with E-state index in [1.165, 1.54) is 5.56 Å². The molecule has 6 heteroatoms. The number of hydrogen-bond acceptors (Lipinski definition) is 4. The van der Waals surface area contributed by atoms with Crippen molar-refractivity contribution in [2.75, 3.05) is 38.1 Å². The predicted octanol–water partition coefficient (Wildman–Crippen LogP) is 4.30. The number of ether oxygens (including phenoxy) is 1. The molecule has 0 unspecified atom stereocenters. The van der Waals surface area contributed by atoms with E-state index in [1.54, 1.807) is 24.3 Å². The molecule has 1 aliphatic rings. The fourth-order valence-corrected chi connectivity index (χ4v) is 3.96. The molecule has 4 rings (SSSR count). The molecule has 1 fully saturated rings. The summed E-state index contributed by atoms with van der Waals surface area (Å²) in [5.41, 5.74) is 2.84. The fraction of sp³-hybridized carbons (Fsp3) is 0.259. The molecule has 0 spiro atoms. The molecule has 3 aromatic carbocycles. The maximum Gasteiger partial charge on any atom is 0.256 e. The second-order valence-corrected chi connectivity index (χ2v) is 8.01. The number of anilines is 1. The molecule has 33 heavy (non-hydrogen) atoms. The number of piperazine rings is 1. The second kappa shape index (κ2) is 10.8. The highest BCUT2D eigenvalue weighted by molar-refractivity contribution is 6.09. The van der Waals surface area contributed by atoms with Crippen molar-refractivity contribution in [3.05, 3.63) is 95.6 Å². The summed E-state index contributed by atoms with van der Waals surface area (Å²) in [6, 6.07) is 24.4. The van der Waals surface area contributed by atoms with Gasteiger partial charge in [0.15, 0.2) is 0 Å². The molecule has 1 N–H and O–H groups in total. The van der Waals surface area contributed by atoms with Crippen LogP contribution in [-0.4, -0.2) is 54.4 Å². The second-order valence-electron chi connectivity index (χ2n) is 8.01. The van der Waals surface area contributed by atoms with Crippen molar-refractivity contribution >= 4 is 17.5 Å². The Morgan fingerprint density at radius 1 is 0.848 bits per heavy atom. The third-order valence-corrected chi connectivity index (χ3v) is 5.74. The van der Waals surface area contributed by atoms with Gasteiger partial charge in [0.05, 0.1) is 17.9 Å². The van der Waals surface area contributed by atoms with Crippen LogP contribution in [0.1, 0.15) is 33.2 Å². The Morgan fingerprint density at radius 2 is 1.52 bits per heavy atom. The van der Waals surface area contributed by atoms with E-state index in [-0.39, 0.29) is 11.8 Å². The maximum absolute atomic E-state index is 13.2. The standard InChI is InChI=1S/C27H29N3O3/c1-2-33-23-14-12-21(13-15-23)20-29-16-18-30(19-17-29)27(32)24-10-6-7-11-25(24)28-26(31)22-8-4-3-5-9-22/h3-15H,2,16-20H2,1H3,(H,28,31). The topological polar surface area (TPSA) is 61.9 Å². The number of nitrogens with one attached hydrogen (secondary N) is 1. The first kappa shape index (κ1) is 22.6. The number of benzene rings is 3. The number of rotatable bonds is 7. The van der Waals surface area contributed by atoms with Crippen LogP contribution < -0.4 is 10.1 Å². The van der Waals surface area contributed by atoms with Gasteiger partial charge < -0.3 is 15.0 Å². The monoisotopic (exact) mass is 443 g/mol. The Kier molecular flexibility index (Phi) is 7.37. The SMILES string of the molecule is CCOc1ccc(CN2CCN(C(=O)c3ccccc3NC(=O)c3ccccc3)CC2)cc1. The lowest BCUT2D eigenvalue weighted by Gasteiger charge is -2.35. The zero-order valence-electron chi connectivity index (χ0n) is 18.9. The summed E-state index contributed by atoms with van der Waals surface area (Å²) in [6.45, 7) is 6.39. The van der Waals surface area contributed by atoms with Gasteiger partial charge in [-0.05, 0) is 48.9 Å². The summed E-state index contributed by atoms with van der Waals surface area (Å²) in [6.07, 6.45) is 0. The average Bonchev–Trinajstić information content (AvgIpc) is 2.86. The van der Waals surface area contributed by atoms with Gasteiger partial charge in [-0.3, -0.25) is 14.5 Å². The van der Waals surface area contributed by atoms with Gasteiger partial charge in [-0.15, -0.1) is 0 Å². The number of carbonyl (C=O) groups is 2. The molecule has 0 atom stereocenters. The molecule has 0 bridgehead atoms. The molecule has 6 nitrogen and oxygen atoms in total. The lowest BCUT2D eigenvalue weighted by molar-refractivity contribution is 0.0629. The van der Waals surface area contributed by atoms with Crippen molar-refractivity contribution in [2.24, 2.45) is 0 Å². The van der Waals surface area contributed by atoms with Crippen molar-refractivity contribution < 1.29 is 14.3 Å². The van der Waals surface area contributed by atoms with Crippen molar-refractivity contribution in [1.82, 2.24) is 9.80 Å². The highest BCUT2D eigenvalue weighted by Gasteiger charge is 2.24. The molecule has 1 heterocycles. The first-order valence-corrected chi connectivity index (χ1v) is 11.3. The molecular formula is C27H29N3O3. The molecule has 2 amide bonds. The molecule has 1 saturated heterocycles. The summed E-state index contributed by atoms with van der Waals surface area (Å²) in [5.74, 6) is 0.602. The maximum atomic E-state index is 13.2. The minimum absolute atomic E-state index is 0.0559. The average molecular weight is 444 g/mol. The molecule has 3 aromatic rings. The Hall–Kier alpha value is -3.64. The minimum Gasteiger partial charge on any atom is -0.494 e. The molecule has 0 radical (unpaired) electrons. The number of para-hydroxylation sites is 1. The van der Waals surface area contributed by atoms with Crippen molar-refractivity contribution in [3.63, 3.8) is 0 Å². The Labute approximate surface area is 194 Å². The molecule has 0 aliphatic carbocycles. The molecular weight excluding hydrogens is 414 g/mol. The predicted molar refractivity (Wildman–Crippen MR) is 130 cm³/mol. The Balaban J connectivity index is 1.35. The van der Waals surface area contributed by atoms with Crippen LogP contribution in [0.5, 0.6) is 5.75 Å². The van der Waals surface area contributed by atoms with Gasteiger partial charge in [0, 0.05) is 38.3 Å². The van der Waals surface area contributed by atoms with E-state index >= 15 is 0 Å². The van der Waals surface area contributed by atoms with E-state index < -0.39 is 0 Å². The number of carbonyl (C=O) groups excluding carboxylic acids is 2. The summed E-state index contributed by atoms with van der Waals surface area (Å²) in [4.78, 5) is 30.0. The lowest BCUT2D eigenvalue weighted by atomic mass is 10.1. The van der Waals surface area contributed by atoms with Crippen molar-refractivity contribution in [1.29, 1.82) is 0 Å². The van der Waals surface area contributed by atoms with E-state index in [0.29, 0.717) is 36.5 Å². The van der Waals surface area contributed by atoms with Crippen LogP contribution in [0.3, 0.4) is 0 Å².